The van der Waals surface area contributed by atoms with Crippen LogP contribution in [0.5, 0.6) is 5.75 Å². The average molecular weight is 326 g/mol. The second-order valence-corrected chi connectivity index (χ2v) is 4.92. The smallest absolute Gasteiger partial charge is 0.248 e. The molecule has 0 fully saturated rings. The largest absolute Gasteiger partial charge is 0.505 e. The summed E-state index contributed by atoms with van der Waals surface area (Å²) < 4.78 is 12.9. The Morgan fingerprint density at radius 1 is 1.24 bits per heavy atom. The van der Waals surface area contributed by atoms with Gasteiger partial charge in [-0.3, -0.25) is 4.79 Å². The standard InChI is InChI=1S/C15H10Cl2FNO2/c16-10-2-1-3-12(15(10)17)19-14(21)7-5-9-4-6-11(18)13(20)8-9/h1-8,20H,(H,19,21). The highest BCUT2D eigenvalue weighted by molar-refractivity contribution is 6.44. The monoisotopic (exact) mass is 325 g/mol. The van der Waals surface area contributed by atoms with Gasteiger partial charge in [-0.2, -0.15) is 0 Å². The van der Waals surface area contributed by atoms with Crippen LogP contribution in [0.4, 0.5) is 10.1 Å². The van der Waals surface area contributed by atoms with Gasteiger partial charge in [0, 0.05) is 6.08 Å². The number of hydrogen-bond donors (Lipinski definition) is 2. The first-order chi connectivity index (χ1) is 9.97. The van der Waals surface area contributed by atoms with E-state index >= 15 is 0 Å². The number of phenolic OH excluding ortho intramolecular Hbond substituents is 1. The summed E-state index contributed by atoms with van der Waals surface area (Å²) in [5.41, 5.74) is 0.877. The molecule has 0 saturated carbocycles. The summed E-state index contributed by atoms with van der Waals surface area (Å²) in [6, 6.07) is 8.64. The van der Waals surface area contributed by atoms with Gasteiger partial charge >= 0.3 is 0 Å². The Labute approximate surface area is 130 Å². The molecule has 0 aliphatic carbocycles. The number of phenols is 1. The molecule has 0 radical (unpaired) electrons. The van der Waals surface area contributed by atoms with Crippen molar-refractivity contribution in [1.29, 1.82) is 0 Å². The summed E-state index contributed by atoms with van der Waals surface area (Å²) in [6.45, 7) is 0. The molecule has 0 bridgehead atoms. The number of aromatic hydroxyl groups is 1. The Hall–Kier alpha value is -2.04. The molecule has 0 saturated heterocycles. The van der Waals surface area contributed by atoms with Gasteiger partial charge in [-0.05, 0) is 35.9 Å². The van der Waals surface area contributed by atoms with Crippen LogP contribution in [0.1, 0.15) is 5.56 Å². The number of anilines is 1. The molecule has 0 heterocycles. The Kier molecular flexibility index (Phi) is 4.83. The van der Waals surface area contributed by atoms with Crippen LogP contribution in [0.15, 0.2) is 42.5 Å². The molecule has 2 N–H and O–H groups in total. The van der Waals surface area contributed by atoms with Crippen molar-refractivity contribution in [3.63, 3.8) is 0 Å². The molecule has 0 atom stereocenters. The highest BCUT2D eigenvalue weighted by Crippen LogP contribution is 2.29. The van der Waals surface area contributed by atoms with E-state index in [0.717, 1.165) is 6.07 Å². The van der Waals surface area contributed by atoms with Gasteiger partial charge < -0.3 is 10.4 Å². The number of benzene rings is 2. The predicted octanol–water partition coefficient (Wildman–Crippen LogP) is 4.49. The number of carbonyl (C=O) groups is 1. The van der Waals surface area contributed by atoms with E-state index < -0.39 is 17.5 Å². The predicted molar refractivity (Wildman–Crippen MR) is 82.2 cm³/mol. The first-order valence-corrected chi connectivity index (χ1v) is 6.64. The third kappa shape index (κ3) is 3.97. The molecule has 0 spiro atoms. The van der Waals surface area contributed by atoms with Crippen molar-refractivity contribution >= 4 is 40.9 Å². The molecule has 2 aromatic rings. The molecule has 3 nitrogen and oxygen atoms in total. The fourth-order valence-electron chi connectivity index (χ4n) is 1.58. The Balaban J connectivity index is 2.09. The Bertz CT molecular complexity index is 717. The molecule has 0 aliphatic heterocycles. The molecule has 21 heavy (non-hydrogen) atoms. The van der Waals surface area contributed by atoms with E-state index in [1.165, 1.54) is 24.3 Å². The van der Waals surface area contributed by atoms with E-state index in [2.05, 4.69) is 5.32 Å². The summed E-state index contributed by atoms with van der Waals surface area (Å²) in [5, 5.41) is 12.4. The van der Waals surface area contributed by atoms with Gasteiger partial charge in [-0.15, -0.1) is 0 Å². The minimum Gasteiger partial charge on any atom is -0.505 e. The van der Waals surface area contributed by atoms with Gasteiger partial charge in [-0.1, -0.05) is 35.3 Å². The number of carbonyl (C=O) groups excluding carboxylic acids is 1. The van der Waals surface area contributed by atoms with E-state index in [0.29, 0.717) is 16.3 Å². The van der Waals surface area contributed by atoms with Crippen molar-refractivity contribution in [3.8, 4) is 5.75 Å². The Morgan fingerprint density at radius 3 is 2.71 bits per heavy atom. The lowest BCUT2D eigenvalue weighted by atomic mass is 10.2. The lowest BCUT2D eigenvalue weighted by Gasteiger charge is -2.05. The van der Waals surface area contributed by atoms with Crippen molar-refractivity contribution in [1.82, 2.24) is 0 Å². The third-order valence-electron chi connectivity index (χ3n) is 2.61. The summed E-state index contributed by atoms with van der Waals surface area (Å²) >= 11 is 11.8. The third-order valence-corrected chi connectivity index (χ3v) is 3.43. The number of amides is 1. The highest BCUT2D eigenvalue weighted by Gasteiger charge is 2.06. The molecule has 0 unspecified atom stereocenters. The molecule has 1 amide bonds. The van der Waals surface area contributed by atoms with Crippen LogP contribution in [0.3, 0.4) is 0 Å². The molecule has 6 heteroatoms. The zero-order valence-corrected chi connectivity index (χ0v) is 12.1. The second kappa shape index (κ2) is 6.61. The normalized spacial score (nSPS) is 10.8. The first-order valence-electron chi connectivity index (χ1n) is 5.89. The molecular formula is C15H10Cl2FNO2. The summed E-state index contributed by atoms with van der Waals surface area (Å²) in [5.74, 6) is -1.62. The van der Waals surface area contributed by atoms with Crippen molar-refractivity contribution < 1.29 is 14.3 Å². The van der Waals surface area contributed by atoms with Gasteiger partial charge in [0.1, 0.15) is 0 Å². The van der Waals surface area contributed by atoms with Gasteiger partial charge in [0.05, 0.1) is 15.7 Å². The summed E-state index contributed by atoms with van der Waals surface area (Å²) in [7, 11) is 0. The van der Waals surface area contributed by atoms with Crippen LogP contribution in [0, 0.1) is 5.82 Å². The fraction of sp³-hybridized carbons (Fsp3) is 0. The van der Waals surface area contributed by atoms with E-state index in [4.69, 9.17) is 23.2 Å². The fourth-order valence-corrected chi connectivity index (χ4v) is 1.93. The highest BCUT2D eigenvalue weighted by atomic mass is 35.5. The van der Waals surface area contributed by atoms with Crippen LogP contribution >= 0.6 is 23.2 Å². The minimum absolute atomic E-state index is 0.250. The lowest BCUT2D eigenvalue weighted by Crippen LogP contribution is -2.08. The number of halogens is 3. The van der Waals surface area contributed by atoms with Crippen LogP contribution in [-0.4, -0.2) is 11.0 Å². The van der Waals surface area contributed by atoms with Crippen molar-refractivity contribution in [2.24, 2.45) is 0 Å². The van der Waals surface area contributed by atoms with Crippen LogP contribution in [-0.2, 0) is 4.79 Å². The lowest BCUT2D eigenvalue weighted by molar-refractivity contribution is -0.111. The molecular weight excluding hydrogens is 316 g/mol. The summed E-state index contributed by atoms with van der Waals surface area (Å²) in [4.78, 5) is 11.8. The quantitative estimate of drug-likeness (QED) is 0.817. The van der Waals surface area contributed by atoms with Crippen molar-refractivity contribution in [3.05, 3.63) is 63.9 Å². The van der Waals surface area contributed by atoms with Gasteiger partial charge in [-0.25, -0.2) is 4.39 Å². The van der Waals surface area contributed by atoms with Gasteiger partial charge in [0.15, 0.2) is 11.6 Å². The van der Waals surface area contributed by atoms with Gasteiger partial charge in [0.2, 0.25) is 5.91 Å². The first kappa shape index (κ1) is 15.4. The number of nitrogens with one attached hydrogen (secondary N) is 1. The SMILES string of the molecule is O=C(C=Cc1ccc(F)c(O)c1)Nc1cccc(Cl)c1Cl. The van der Waals surface area contributed by atoms with Gasteiger partial charge in [0.25, 0.3) is 0 Å². The van der Waals surface area contributed by atoms with Crippen LogP contribution in [0.25, 0.3) is 6.08 Å². The van der Waals surface area contributed by atoms with Crippen molar-refractivity contribution in [2.45, 2.75) is 0 Å². The average Bonchev–Trinajstić information content (AvgIpc) is 2.45. The van der Waals surface area contributed by atoms with Crippen molar-refractivity contribution in [2.75, 3.05) is 5.32 Å². The summed E-state index contributed by atoms with van der Waals surface area (Å²) in [6.07, 6.45) is 2.68. The van der Waals surface area contributed by atoms with Crippen LogP contribution in [0.2, 0.25) is 10.0 Å². The molecule has 108 valence electrons. The molecule has 0 aliphatic rings. The van der Waals surface area contributed by atoms with E-state index in [-0.39, 0.29) is 5.02 Å². The number of rotatable bonds is 3. The maximum absolute atomic E-state index is 12.9. The second-order valence-electron chi connectivity index (χ2n) is 4.13. The minimum atomic E-state index is -0.720. The maximum atomic E-state index is 12.9. The van der Waals surface area contributed by atoms with E-state index in [1.54, 1.807) is 18.2 Å². The molecule has 2 rings (SSSR count). The maximum Gasteiger partial charge on any atom is 0.248 e. The van der Waals surface area contributed by atoms with E-state index in [1.807, 2.05) is 0 Å². The zero-order valence-electron chi connectivity index (χ0n) is 10.6. The molecule has 0 aromatic heterocycles. The molecule has 2 aromatic carbocycles. The topological polar surface area (TPSA) is 49.3 Å². The van der Waals surface area contributed by atoms with E-state index in [9.17, 15) is 14.3 Å². The number of hydrogen-bond acceptors (Lipinski definition) is 2. The van der Waals surface area contributed by atoms with Crippen LogP contribution < -0.4 is 5.32 Å². The zero-order chi connectivity index (χ0) is 15.4. The Morgan fingerprint density at radius 2 is 2.00 bits per heavy atom.